The Balaban J connectivity index is 1.96. The van der Waals surface area contributed by atoms with Gasteiger partial charge in [-0.25, -0.2) is 0 Å². The van der Waals surface area contributed by atoms with E-state index in [4.69, 9.17) is 5.11 Å². The number of carbonyl (C=O) groups excluding carboxylic acids is 3. The second-order valence-electron chi connectivity index (χ2n) is 10.6. The summed E-state index contributed by atoms with van der Waals surface area (Å²) in [5, 5.41) is 9.19. The van der Waals surface area contributed by atoms with Crippen LogP contribution in [0.3, 0.4) is 0 Å². The first-order chi connectivity index (χ1) is 17.3. The highest BCUT2D eigenvalue weighted by Crippen LogP contribution is 2.66. The molecule has 1 N–H and O–H groups in total. The number of aliphatic hydroxyl groups excluding tert-OH is 1. The molecule has 2 bridgehead atoms. The summed E-state index contributed by atoms with van der Waals surface area (Å²) in [6.45, 7) is 13.4. The molecule has 1 spiro atoms. The molecule has 3 heterocycles. The van der Waals surface area contributed by atoms with Crippen molar-refractivity contribution in [2.75, 3.05) is 33.3 Å². The lowest BCUT2D eigenvalue weighted by Gasteiger charge is -2.39. The SMILES string of the molecule is C=CCN(C)C(=O)[C@@H]1[C@@H]2CCC3(S2)C(C(=O)N(CC=C)C(C)CCC)N(CCCCCCO)C(=O)[C@H]13. The summed E-state index contributed by atoms with van der Waals surface area (Å²) in [7, 11) is 1.77. The zero-order valence-corrected chi connectivity index (χ0v) is 23.2. The standard InChI is InChI=1S/C28H45N3O4S/c1-6-13-20(4)30(17-8-3)27(35)24-28-15-14-21(36-28)22(25(33)29(5)16-7-2)23(28)26(34)31(24)18-11-9-10-12-19-32/h7-8,20-24,32H,2-3,6,9-19H2,1,4-5H3/t20?,21-,22+,23-,24?,28?/m0/s1. The smallest absolute Gasteiger partial charge is 0.247 e. The summed E-state index contributed by atoms with van der Waals surface area (Å²) in [5.74, 6) is -0.887. The van der Waals surface area contributed by atoms with Gasteiger partial charge in [-0.05, 0) is 39.0 Å². The molecule has 0 aromatic heterocycles. The third-order valence-electron chi connectivity index (χ3n) is 8.25. The number of unbranched alkanes of at least 4 members (excludes halogenated alkanes) is 3. The molecule has 3 fully saturated rings. The Morgan fingerprint density at radius 1 is 1.19 bits per heavy atom. The third-order valence-corrected chi connectivity index (χ3v) is 10.2. The molecule has 3 amide bonds. The van der Waals surface area contributed by atoms with Gasteiger partial charge in [0, 0.05) is 44.6 Å². The Hall–Kier alpha value is -1.80. The maximum atomic E-state index is 14.3. The van der Waals surface area contributed by atoms with Crippen molar-refractivity contribution in [3.63, 3.8) is 0 Å². The van der Waals surface area contributed by atoms with E-state index >= 15 is 0 Å². The summed E-state index contributed by atoms with van der Waals surface area (Å²) < 4.78 is -0.551. The largest absolute Gasteiger partial charge is 0.396 e. The first-order valence-corrected chi connectivity index (χ1v) is 14.5. The average molecular weight is 520 g/mol. The van der Waals surface area contributed by atoms with Gasteiger partial charge < -0.3 is 19.8 Å². The normalized spacial score (nSPS) is 29.2. The minimum atomic E-state index is -0.551. The van der Waals surface area contributed by atoms with E-state index < -0.39 is 22.6 Å². The summed E-state index contributed by atoms with van der Waals surface area (Å²) >= 11 is 1.73. The average Bonchev–Trinajstić information content (AvgIpc) is 3.49. The summed E-state index contributed by atoms with van der Waals surface area (Å²) in [5.41, 5.74) is 0. The van der Waals surface area contributed by atoms with Crippen LogP contribution in [-0.4, -0.2) is 92.9 Å². The highest BCUT2D eigenvalue weighted by Gasteiger charge is 2.73. The van der Waals surface area contributed by atoms with Crippen LogP contribution in [0.15, 0.2) is 25.3 Å². The summed E-state index contributed by atoms with van der Waals surface area (Å²) in [4.78, 5) is 47.3. The van der Waals surface area contributed by atoms with Gasteiger partial charge in [0.25, 0.3) is 0 Å². The summed E-state index contributed by atoms with van der Waals surface area (Å²) in [6, 6.07) is -0.498. The fourth-order valence-corrected chi connectivity index (χ4v) is 8.80. The molecular weight excluding hydrogens is 474 g/mol. The number of carbonyl (C=O) groups is 3. The maximum absolute atomic E-state index is 14.3. The molecule has 3 aliphatic heterocycles. The van der Waals surface area contributed by atoms with E-state index in [1.54, 1.807) is 35.9 Å². The molecule has 8 heteroatoms. The van der Waals surface area contributed by atoms with Crippen molar-refractivity contribution in [1.29, 1.82) is 0 Å². The summed E-state index contributed by atoms with van der Waals surface area (Å²) in [6.07, 6.45) is 10.3. The molecule has 3 saturated heterocycles. The van der Waals surface area contributed by atoms with Crippen molar-refractivity contribution < 1.29 is 19.5 Å². The number of aliphatic hydroxyl groups is 1. The Morgan fingerprint density at radius 3 is 2.53 bits per heavy atom. The van der Waals surface area contributed by atoms with Crippen LogP contribution in [0.1, 0.15) is 65.2 Å². The highest BCUT2D eigenvalue weighted by molar-refractivity contribution is 8.02. The molecular formula is C28H45N3O4S. The number of likely N-dealkylation sites (N-methyl/N-ethyl adjacent to an activating group) is 1. The van der Waals surface area contributed by atoms with Crippen LogP contribution in [0.5, 0.6) is 0 Å². The van der Waals surface area contributed by atoms with E-state index in [0.29, 0.717) is 19.6 Å². The van der Waals surface area contributed by atoms with Gasteiger partial charge in [-0.15, -0.1) is 24.9 Å². The van der Waals surface area contributed by atoms with Gasteiger partial charge in [-0.3, -0.25) is 14.4 Å². The monoisotopic (exact) mass is 519 g/mol. The van der Waals surface area contributed by atoms with E-state index in [0.717, 1.165) is 51.4 Å². The molecule has 0 aliphatic carbocycles. The quantitative estimate of drug-likeness (QED) is 0.265. The van der Waals surface area contributed by atoms with Crippen LogP contribution < -0.4 is 0 Å². The number of likely N-dealkylation sites (tertiary alicyclic amines) is 1. The number of amides is 3. The minimum Gasteiger partial charge on any atom is -0.396 e. The van der Waals surface area contributed by atoms with Crippen molar-refractivity contribution >= 4 is 29.5 Å². The van der Waals surface area contributed by atoms with E-state index in [1.807, 2.05) is 9.80 Å². The lowest BCUT2D eigenvalue weighted by atomic mass is 9.70. The van der Waals surface area contributed by atoms with Crippen LogP contribution in [0.25, 0.3) is 0 Å². The predicted molar refractivity (Wildman–Crippen MR) is 145 cm³/mol. The Bertz CT molecular complexity index is 836. The first kappa shape index (κ1) is 28.8. The number of fused-ring (bicyclic) bond motifs is 1. The minimum absolute atomic E-state index is 0.00255. The van der Waals surface area contributed by atoms with Crippen LogP contribution in [0.4, 0.5) is 0 Å². The zero-order valence-electron chi connectivity index (χ0n) is 22.4. The second-order valence-corrected chi connectivity index (χ2v) is 12.3. The van der Waals surface area contributed by atoms with Crippen LogP contribution in [0, 0.1) is 11.8 Å². The molecule has 3 aliphatic rings. The fraction of sp³-hybridized carbons (Fsp3) is 0.750. The van der Waals surface area contributed by atoms with E-state index in [9.17, 15) is 14.4 Å². The number of nitrogens with zero attached hydrogens (tertiary/aromatic N) is 3. The molecule has 3 rings (SSSR count). The maximum Gasteiger partial charge on any atom is 0.247 e. The van der Waals surface area contributed by atoms with Crippen molar-refractivity contribution in [3.8, 4) is 0 Å². The van der Waals surface area contributed by atoms with Gasteiger partial charge in [0.15, 0.2) is 0 Å². The molecule has 7 nitrogen and oxygen atoms in total. The molecule has 0 saturated carbocycles. The second kappa shape index (κ2) is 12.6. The highest BCUT2D eigenvalue weighted by atomic mass is 32.2. The number of thioether (sulfide) groups is 1. The Kier molecular flexibility index (Phi) is 10.1. The van der Waals surface area contributed by atoms with Gasteiger partial charge in [0.1, 0.15) is 6.04 Å². The molecule has 0 aromatic carbocycles. The predicted octanol–water partition coefficient (Wildman–Crippen LogP) is 3.48. The van der Waals surface area contributed by atoms with Crippen molar-refractivity contribution in [2.45, 2.75) is 87.3 Å². The molecule has 0 aromatic rings. The lowest BCUT2D eigenvalue weighted by Crippen LogP contribution is -2.56. The van der Waals surface area contributed by atoms with Gasteiger partial charge in [0.2, 0.25) is 17.7 Å². The van der Waals surface area contributed by atoms with Crippen molar-refractivity contribution in [1.82, 2.24) is 14.7 Å². The van der Waals surface area contributed by atoms with Crippen LogP contribution in [-0.2, 0) is 14.4 Å². The molecule has 0 radical (unpaired) electrons. The van der Waals surface area contributed by atoms with Crippen molar-refractivity contribution in [2.24, 2.45) is 11.8 Å². The topological polar surface area (TPSA) is 81.2 Å². The van der Waals surface area contributed by atoms with Crippen molar-refractivity contribution in [3.05, 3.63) is 25.3 Å². The van der Waals surface area contributed by atoms with Crippen LogP contribution in [0.2, 0.25) is 0 Å². The fourth-order valence-electron chi connectivity index (χ4n) is 6.60. The van der Waals surface area contributed by atoms with Gasteiger partial charge >= 0.3 is 0 Å². The lowest BCUT2D eigenvalue weighted by molar-refractivity contribution is -0.145. The number of rotatable bonds is 15. The molecule has 202 valence electrons. The Morgan fingerprint density at radius 2 is 1.89 bits per heavy atom. The van der Waals surface area contributed by atoms with E-state index in [2.05, 4.69) is 27.0 Å². The Labute approximate surface area is 221 Å². The van der Waals surface area contributed by atoms with Crippen LogP contribution >= 0.6 is 11.8 Å². The molecule has 36 heavy (non-hydrogen) atoms. The van der Waals surface area contributed by atoms with E-state index in [1.165, 1.54) is 0 Å². The molecule has 3 unspecified atom stereocenters. The number of hydrogen-bond donors (Lipinski definition) is 1. The van der Waals surface area contributed by atoms with Gasteiger partial charge in [-0.1, -0.05) is 38.3 Å². The first-order valence-electron chi connectivity index (χ1n) is 13.6. The third kappa shape index (κ3) is 5.26. The van der Waals surface area contributed by atoms with Gasteiger partial charge in [0.05, 0.1) is 16.6 Å². The number of hydrogen-bond acceptors (Lipinski definition) is 5. The van der Waals surface area contributed by atoms with Gasteiger partial charge in [-0.2, -0.15) is 0 Å². The zero-order chi connectivity index (χ0) is 26.5. The van der Waals surface area contributed by atoms with E-state index in [-0.39, 0.29) is 35.6 Å². The molecule has 6 atom stereocenters.